The van der Waals surface area contributed by atoms with Gasteiger partial charge in [-0.1, -0.05) is 25.1 Å². The molecule has 88 valence electrons. The van der Waals surface area contributed by atoms with E-state index in [9.17, 15) is 5.11 Å². The summed E-state index contributed by atoms with van der Waals surface area (Å²) in [4.78, 5) is 0. The third-order valence-corrected chi connectivity index (χ3v) is 3.16. The van der Waals surface area contributed by atoms with Crippen molar-refractivity contribution in [2.45, 2.75) is 25.9 Å². The highest BCUT2D eigenvalue weighted by atomic mass is 79.9. The number of hydrogen-bond acceptors (Lipinski definition) is 2. The van der Waals surface area contributed by atoms with Crippen molar-refractivity contribution in [3.05, 3.63) is 40.4 Å². The van der Waals surface area contributed by atoms with Crippen LogP contribution < -0.4 is 4.74 Å². The minimum absolute atomic E-state index is 0.491. The molecule has 0 spiro atoms. The molecule has 2 nitrogen and oxygen atoms in total. The van der Waals surface area contributed by atoms with Crippen LogP contribution in [0.3, 0.4) is 0 Å². The average molecular weight is 285 g/mol. The molecule has 0 aliphatic heterocycles. The Balaban J connectivity index is 2.80. The van der Waals surface area contributed by atoms with Crippen LogP contribution in [0.25, 0.3) is 0 Å². The lowest BCUT2D eigenvalue weighted by atomic mass is 10.0. The zero-order chi connectivity index (χ0) is 12.1. The van der Waals surface area contributed by atoms with Crippen molar-refractivity contribution in [2.24, 2.45) is 0 Å². The van der Waals surface area contributed by atoms with Crippen LogP contribution in [0.2, 0.25) is 0 Å². The molecule has 1 unspecified atom stereocenters. The van der Waals surface area contributed by atoms with Gasteiger partial charge in [-0.3, -0.25) is 0 Å². The van der Waals surface area contributed by atoms with Gasteiger partial charge in [0.2, 0.25) is 0 Å². The van der Waals surface area contributed by atoms with E-state index in [0.29, 0.717) is 6.42 Å². The number of ether oxygens (including phenoxy) is 1. The molecule has 0 aliphatic rings. The number of halogens is 1. The van der Waals surface area contributed by atoms with E-state index in [4.69, 9.17) is 4.74 Å². The maximum Gasteiger partial charge on any atom is 0.133 e. The lowest BCUT2D eigenvalue weighted by Gasteiger charge is -2.13. The molecule has 1 atom stereocenters. The average Bonchev–Trinajstić information content (AvgIpc) is 2.28. The van der Waals surface area contributed by atoms with Gasteiger partial charge >= 0.3 is 0 Å². The second kappa shape index (κ2) is 6.06. The number of aliphatic hydroxyl groups excluding tert-OH is 1. The standard InChI is InChI=1S/C13H17BrO2/c1-4-9(2)7-12(15)10-5-6-13(16-3)11(14)8-10/h5-6,8,12,15H,2,4,7H2,1,3H3. The molecule has 3 heteroatoms. The van der Waals surface area contributed by atoms with Gasteiger partial charge in [0, 0.05) is 0 Å². The van der Waals surface area contributed by atoms with Gasteiger partial charge in [-0.05, 0) is 46.5 Å². The fourth-order valence-electron chi connectivity index (χ4n) is 1.43. The molecule has 1 aromatic carbocycles. The van der Waals surface area contributed by atoms with Gasteiger partial charge in [0.1, 0.15) is 5.75 Å². The Hall–Kier alpha value is -0.800. The van der Waals surface area contributed by atoms with Crippen LogP contribution in [0, 0.1) is 0 Å². The van der Waals surface area contributed by atoms with Crippen LogP contribution in [-0.4, -0.2) is 12.2 Å². The van der Waals surface area contributed by atoms with Crippen molar-refractivity contribution >= 4 is 15.9 Å². The Morgan fingerprint density at radius 1 is 1.56 bits per heavy atom. The molecule has 0 aliphatic carbocycles. The molecule has 0 heterocycles. The Morgan fingerprint density at radius 3 is 2.75 bits per heavy atom. The maximum atomic E-state index is 9.99. The van der Waals surface area contributed by atoms with E-state index >= 15 is 0 Å². The minimum atomic E-state index is -0.491. The smallest absolute Gasteiger partial charge is 0.133 e. The Kier molecular flexibility index (Phi) is 5.03. The molecule has 1 aromatic rings. The molecule has 0 aromatic heterocycles. The van der Waals surface area contributed by atoms with Gasteiger partial charge in [-0.15, -0.1) is 0 Å². The molecular weight excluding hydrogens is 268 g/mol. The lowest BCUT2D eigenvalue weighted by molar-refractivity contribution is 0.177. The van der Waals surface area contributed by atoms with Gasteiger partial charge in [0.25, 0.3) is 0 Å². The number of rotatable bonds is 5. The zero-order valence-corrected chi connectivity index (χ0v) is 11.3. The summed E-state index contributed by atoms with van der Waals surface area (Å²) >= 11 is 3.40. The summed E-state index contributed by atoms with van der Waals surface area (Å²) in [6.07, 6.45) is 1.01. The highest BCUT2D eigenvalue weighted by Gasteiger charge is 2.10. The van der Waals surface area contributed by atoms with Gasteiger partial charge in [0.15, 0.2) is 0 Å². The zero-order valence-electron chi connectivity index (χ0n) is 9.66. The molecule has 0 saturated heterocycles. The summed E-state index contributed by atoms with van der Waals surface area (Å²) in [5.41, 5.74) is 1.93. The number of benzene rings is 1. The predicted octanol–water partition coefficient (Wildman–Crippen LogP) is 3.85. The Morgan fingerprint density at radius 2 is 2.25 bits per heavy atom. The highest BCUT2D eigenvalue weighted by Crippen LogP contribution is 2.30. The normalized spacial score (nSPS) is 12.2. The van der Waals surface area contributed by atoms with Gasteiger partial charge < -0.3 is 9.84 Å². The largest absolute Gasteiger partial charge is 0.496 e. The van der Waals surface area contributed by atoms with Crippen LogP contribution in [0.15, 0.2) is 34.8 Å². The third-order valence-electron chi connectivity index (χ3n) is 2.54. The van der Waals surface area contributed by atoms with Crippen LogP contribution >= 0.6 is 15.9 Å². The van der Waals surface area contributed by atoms with E-state index in [0.717, 1.165) is 27.8 Å². The quantitative estimate of drug-likeness (QED) is 0.833. The van der Waals surface area contributed by atoms with E-state index in [1.165, 1.54) is 0 Å². The van der Waals surface area contributed by atoms with Crippen molar-refractivity contribution in [1.29, 1.82) is 0 Å². The van der Waals surface area contributed by atoms with Crippen LogP contribution in [0.1, 0.15) is 31.4 Å². The summed E-state index contributed by atoms with van der Waals surface area (Å²) in [7, 11) is 1.62. The van der Waals surface area contributed by atoms with Gasteiger partial charge in [0.05, 0.1) is 17.7 Å². The van der Waals surface area contributed by atoms with Gasteiger partial charge in [-0.2, -0.15) is 0 Å². The summed E-state index contributed by atoms with van der Waals surface area (Å²) in [6, 6.07) is 5.60. The molecule has 0 amide bonds. The molecule has 1 N–H and O–H groups in total. The van der Waals surface area contributed by atoms with Crippen LogP contribution in [-0.2, 0) is 0 Å². The molecule has 0 radical (unpaired) electrons. The molecular formula is C13H17BrO2. The molecule has 1 rings (SSSR count). The second-order valence-electron chi connectivity index (χ2n) is 3.72. The van der Waals surface area contributed by atoms with E-state index in [1.54, 1.807) is 7.11 Å². The van der Waals surface area contributed by atoms with E-state index < -0.39 is 6.10 Å². The summed E-state index contributed by atoms with van der Waals surface area (Å²) in [6.45, 7) is 5.94. The first-order valence-electron chi connectivity index (χ1n) is 5.26. The first-order valence-corrected chi connectivity index (χ1v) is 6.06. The fraction of sp³-hybridized carbons (Fsp3) is 0.385. The summed E-state index contributed by atoms with van der Waals surface area (Å²) in [5, 5.41) is 9.99. The lowest BCUT2D eigenvalue weighted by Crippen LogP contribution is -1.99. The number of methoxy groups -OCH3 is 1. The molecule has 0 saturated carbocycles. The Labute approximate surface area is 105 Å². The predicted molar refractivity (Wildman–Crippen MR) is 69.7 cm³/mol. The van der Waals surface area contributed by atoms with Crippen LogP contribution in [0.5, 0.6) is 5.75 Å². The topological polar surface area (TPSA) is 29.5 Å². The van der Waals surface area contributed by atoms with Crippen molar-refractivity contribution in [3.63, 3.8) is 0 Å². The first kappa shape index (κ1) is 13.3. The molecule has 0 bridgehead atoms. The van der Waals surface area contributed by atoms with Crippen molar-refractivity contribution in [1.82, 2.24) is 0 Å². The minimum Gasteiger partial charge on any atom is -0.496 e. The second-order valence-corrected chi connectivity index (χ2v) is 4.57. The number of aliphatic hydroxyl groups is 1. The highest BCUT2D eigenvalue weighted by molar-refractivity contribution is 9.10. The maximum absolute atomic E-state index is 9.99. The first-order chi connectivity index (χ1) is 7.58. The summed E-state index contributed by atoms with van der Waals surface area (Å²) in [5.74, 6) is 0.769. The van der Waals surface area contributed by atoms with Crippen molar-refractivity contribution in [3.8, 4) is 5.75 Å². The third kappa shape index (κ3) is 3.35. The van der Waals surface area contributed by atoms with Crippen molar-refractivity contribution in [2.75, 3.05) is 7.11 Å². The van der Waals surface area contributed by atoms with E-state index in [-0.39, 0.29) is 0 Å². The van der Waals surface area contributed by atoms with Crippen molar-refractivity contribution < 1.29 is 9.84 Å². The summed E-state index contributed by atoms with van der Waals surface area (Å²) < 4.78 is 5.99. The number of hydrogen-bond donors (Lipinski definition) is 1. The Bertz CT molecular complexity index is 374. The van der Waals surface area contributed by atoms with Gasteiger partial charge in [-0.25, -0.2) is 0 Å². The monoisotopic (exact) mass is 284 g/mol. The fourth-order valence-corrected chi connectivity index (χ4v) is 1.98. The van der Waals surface area contributed by atoms with E-state index in [2.05, 4.69) is 22.5 Å². The SMILES string of the molecule is C=C(CC)CC(O)c1ccc(OC)c(Br)c1. The van der Waals surface area contributed by atoms with Crippen LogP contribution in [0.4, 0.5) is 0 Å². The molecule has 0 fully saturated rings. The molecule has 16 heavy (non-hydrogen) atoms. The van der Waals surface area contributed by atoms with E-state index in [1.807, 2.05) is 25.1 Å².